The zero-order valence-corrected chi connectivity index (χ0v) is 15.9. The van der Waals surface area contributed by atoms with E-state index in [9.17, 15) is 0 Å². The monoisotopic (exact) mass is 290 g/mol. The number of unbranched alkanes of at least 4 members (excludes halogenated alkanes) is 5. The van der Waals surface area contributed by atoms with Crippen molar-refractivity contribution in [3.8, 4) is 0 Å². The highest BCUT2D eigenvalue weighted by Gasteiger charge is 1.96. The van der Waals surface area contributed by atoms with E-state index in [4.69, 9.17) is 8.85 Å². The molecule has 0 rings (SSSR count). The van der Waals surface area contributed by atoms with Gasteiger partial charge in [-0.3, -0.25) is 0 Å². The van der Waals surface area contributed by atoms with Gasteiger partial charge in [-0.05, 0) is 39.8 Å². The van der Waals surface area contributed by atoms with Gasteiger partial charge in [0.2, 0.25) is 0 Å². The van der Waals surface area contributed by atoms with Gasteiger partial charge >= 0.3 is 0 Å². The molecule has 0 amide bonds. The minimum absolute atomic E-state index is 0.206. The van der Waals surface area contributed by atoms with E-state index >= 15 is 0 Å². The van der Waals surface area contributed by atoms with Crippen LogP contribution in [0.1, 0.15) is 66.2 Å². The number of rotatable bonds is 13. The molecule has 110 valence electrons. The molecule has 0 radical (unpaired) electrons. The molecule has 2 nitrogen and oxygen atoms in total. The van der Waals surface area contributed by atoms with E-state index in [1.807, 2.05) is 0 Å². The highest BCUT2D eigenvalue weighted by Crippen LogP contribution is 2.09. The first-order valence-electron chi connectivity index (χ1n) is 7.86. The lowest BCUT2D eigenvalue weighted by molar-refractivity contribution is 0.254. The standard InChI is InChI=1S/C14H34O2Si2/c1-13(2)15-17-11-9-7-5-6-8-10-12-18-16-14(3)4/h13-14H,5-12,17-18H2,1-4H3. The molecule has 0 saturated heterocycles. The quantitative estimate of drug-likeness (QED) is 0.383. The van der Waals surface area contributed by atoms with E-state index in [-0.39, 0.29) is 19.5 Å². The predicted octanol–water partition coefficient (Wildman–Crippen LogP) is 3.18. The normalized spacial score (nSPS) is 13.0. The maximum atomic E-state index is 5.66. The van der Waals surface area contributed by atoms with Crippen LogP contribution in [0.2, 0.25) is 12.1 Å². The number of hydrogen-bond acceptors (Lipinski definition) is 2. The third kappa shape index (κ3) is 16.4. The van der Waals surface area contributed by atoms with Crippen LogP contribution in [0.25, 0.3) is 0 Å². The third-order valence-corrected chi connectivity index (χ3v) is 6.32. The van der Waals surface area contributed by atoms with Gasteiger partial charge in [-0.2, -0.15) is 0 Å². The van der Waals surface area contributed by atoms with Gasteiger partial charge in [0, 0.05) is 12.2 Å². The molecule has 0 aromatic carbocycles. The van der Waals surface area contributed by atoms with E-state index < -0.39 is 0 Å². The summed E-state index contributed by atoms with van der Waals surface area (Å²) in [5.74, 6) is 0. The van der Waals surface area contributed by atoms with Crippen LogP contribution < -0.4 is 0 Å². The molecular weight excluding hydrogens is 256 g/mol. The van der Waals surface area contributed by atoms with E-state index in [0.717, 1.165) is 0 Å². The summed E-state index contributed by atoms with van der Waals surface area (Å²) in [6.07, 6.45) is 9.35. The highest BCUT2D eigenvalue weighted by molar-refractivity contribution is 6.27. The third-order valence-electron chi connectivity index (χ3n) is 2.94. The summed E-state index contributed by atoms with van der Waals surface area (Å²) in [6.45, 7) is 8.55. The largest absolute Gasteiger partial charge is 0.422 e. The summed E-state index contributed by atoms with van der Waals surface area (Å²) < 4.78 is 11.3. The highest BCUT2D eigenvalue weighted by atomic mass is 28.2. The Hall–Kier alpha value is 0.354. The summed E-state index contributed by atoms with van der Waals surface area (Å²) in [6, 6.07) is 2.74. The van der Waals surface area contributed by atoms with Crippen LogP contribution in [-0.2, 0) is 8.85 Å². The van der Waals surface area contributed by atoms with Crippen molar-refractivity contribution in [2.75, 3.05) is 0 Å². The Labute approximate surface area is 119 Å². The van der Waals surface area contributed by atoms with Crippen LogP contribution in [0.15, 0.2) is 0 Å². The Morgan fingerprint density at radius 1 is 0.611 bits per heavy atom. The van der Waals surface area contributed by atoms with E-state index in [1.165, 1.54) is 50.6 Å². The van der Waals surface area contributed by atoms with E-state index in [1.54, 1.807) is 0 Å². The Bertz CT molecular complexity index is 146. The van der Waals surface area contributed by atoms with Gasteiger partial charge in [0.1, 0.15) is 0 Å². The Kier molecular flexibility index (Phi) is 14.0. The molecule has 18 heavy (non-hydrogen) atoms. The van der Waals surface area contributed by atoms with Crippen molar-refractivity contribution in [2.24, 2.45) is 0 Å². The smallest absolute Gasteiger partial charge is 0.161 e. The van der Waals surface area contributed by atoms with Gasteiger partial charge in [-0.25, -0.2) is 0 Å². The molecule has 0 atom stereocenters. The average Bonchev–Trinajstić information content (AvgIpc) is 2.29. The number of hydrogen-bond donors (Lipinski definition) is 0. The van der Waals surface area contributed by atoms with Crippen LogP contribution in [0.5, 0.6) is 0 Å². The molecule has 0 aromatic rings. The van der Waals surface area contributed by atoms with Crippen LogP contribution in [0, 0.1) is 0 Å². The van der Waals surface area contributed by atoms with Crippen molar-refractivity contribution < 1.29 is 8.85 Å². The first-order chi connectivity index (χ1) is 8.63. The van der Waals surface area contributed by atoms with Gasteiger partial charge in [-0.15, -0.1) is 0 Å². The maximum absolute atomic E-state index is 5.66. The molecule has 0 aliphatic rings. The second kappa shape index (κ2) is 13.8. The molecular formula is C14H34O2Si2. The van der Waals surface area contributed by atoms with Gasteiger partial charge in [0.15, 0.2) is 19.5 Å². The van der Waals surface area contributed by atoms with E-state index in [2.05, 4.69) is 27.7 Å². The lowest BCUT2D eigenvalue weighted by Gasteiger charge is -2.07. The molecule has 0 fully saturated rings. The molecule has 0 heterocycles. The van der Waals surface area contributed by atoms with Crippen molar-refractivity contribution in [1.82, 2.24) is 0 Å². The minimum atomic E-state index is -0.206. The minimum Gasteiger partial charge on any atom is -0.422 e. The fraction of sp³-hybridized carbons (Fsp3) is 1.00. The molecule has 0 aliphatic carbocycles. The van der Waals surface area contributed by atoms with Gasteiger partial charge in [-0.1, -0.05) is 38.5 Å². The summed E-state index contributed by atoms with van der Waals surface area (Å²) in [5, 5.41) is 0. The summed E-state index contributed by atoms with van der Waals surface area (Å²) >= 11 is 0. The van der Waals surface area contributed by atoms with Crippen molar-refractivity contribution in [3.63, 3.8) is 0 Å². The fourth-order valence-corrected chi connectivity index (χ4v) is 4.29. The first-order valence-corrected chi connectivity index (χ1v) is 11.0. The average molecular weight is 291 g/mol. The fourth-order valence-electron chi connectivity index (χ4n) is 1.90. The van der Waals surface area contributed by atoms with Crippen molar-refractivity contribution in [1.29, 1.82) is 0 Å². The summed E-state index contributed by atoms with van der Waals surface area (Å²) in [4.78, 5) is 0. The topological polar surface area (TPSA) is 18.5 Å². The Morgan fingerprint density at radius 3 is 1.28 bits per heavy atom. The van der Waals surface area contributed by atoms with Crippen LogP contribution >= 0.6 is 0 Å². The molecule has 4 heteroatoms. The maximum Gasteiger partial charge on any atom is 0.161 e. The van der Waals surface area contributed by atoms with Crippen molar-refractivity contribution >= 4 is 19.5 Å². The first kappa shape index (κ1) is 18.4. The molecule has 0 bridgehead atoms. The van der Waals surface area contributed by atoms with Crippen molar-refractivity contribution in [3.05, 3.63) is 0 Å². The van der Waals surface area contributed by atoms with Crippen LogP contribution in [0.4, 0.5) is 0 Å². The van der Waals surface area contributed by atoms with E-state index in [0.29, 0.717) is 12.2 Å². The molecule has 0 aromatic heterocycles. The second-order valence-electron chi connectivity index (χ2n) is 5.67. The summed E-state index contributed by atoms with van der Waals surface area (Å²) in [5.41, 5.74) is 0. The lowest BCUT2D eigenvalue weighted by Crippen LogP contribution is -2.06. The Balaban J connectivity index is 2.95. The van der Waals surface area contributed by atoms with Gasteiger partial charge in [0.25, 0.3) is 0 Å². The second-order valence-corrected chi connectivity index (χ2v) is 8.56. The molecule has 0 unspecified atom stereocenters. The molecule has 0 spiro atoms. The van der Waals surface area contributed by atoms with Crippen molar-refractivity contribution in [2.45, 2.75) is 90.5 Å². The lowest BCUT2D eigenvalue weighted by atomic mass is 10.1. The van der Waals surface area contributed by atoms with Gasteiger partial charge in [0.05, 0.1) is 0 Å². The van der Waals surface area contributed by atoms with Crippen LogP contribution in [-0.4, -0.2) is 31.7 Å². The predicted molar refractivity (Wildman–Crippen MR) is 86.8 cm³/mol. The molecule has 0 saturated carbocycles. The Morgan fingerprint density at radius 2 is 0.944 bits per heavy atom. The molecule has 0 N–H and O–H groups in total. The SMILES string of the molecule is CC(C)O[SiH2]CCCCCCCC[SiH2]OC(C)C. The van der Waals surface area contributed by atoms with Gasteiger partial charge < -0.3 is 8.85 Å². The zero-order valence-electron chi connectivity index (χ0n) is 13.0. The van der Waals surface area contributed by atoms with Crippen LogP contribution in [0.3, 0.4) is 0 Å². The summed E-state index contributed by atoms with van der Waals surface area (Å²) in [7, 11) is -0.412. The molecule has 0 aliphatic heterocycles. The zero-order chi connectivity index (χ0) is 13.6.